The number of amides is 1. The van der Waals surface area contributed by atoms with Crippen molar-refractivity contribution in [3.63, 3.8) is 0 Å². The van der Waals surface area contributed by atoms with Crippen molar-refractivity contribution >= 4 is 6.09 Å². The zero-order valence-corrected chi connectivity index (χ0v) is 12.5. The first-order valence-electron chi connectivity index (χ1n) is 6.02. The van der Waals surface area contributed by atoms with Crippen molar-refractivity contribution in [2.24, 2.45) is 5.41 Å². The molecular weight excluding hydrogens is 218 g/mol. The number of nitrogens with zero attached hydrogens (tertiary/aromatic N) is 1. The van der Waals surface area contributed by atoms with Crippen molar-refractivity contribution in [1.29, 1.82) is 0 Å². The molecule has 0 spiro atoms. The first-order valence-corrected chi connectivity index (χ1v) is 6.02. The molecule has 0 fully saturated rings. The fraction of sp³-hybridized carbons (Fsp3) is 0.923. The molecule has 0 bridgehead atoms. The maximum absolute atomic E-state index is 11.9. The van der Waals surface area contributed by atoms with E-state index in [-0.39, 0.29) is 11.5 Å². The smallest absolute Gasteiger partial charge is 0.434 e. The molecule has 0 aromatic rings. The van der Waals surface area contributed by atoms with Crippen molar-refractivity contribution in [1.82, 2.24) is 5.06 Å². The van der Waals surface area contributed by atoms with Gasteiger partial charge in [-0.3, -0.25) is 4.84 Å². The van der Waals surface area contributed by atoms with Crippen LogP contribution in [-0.4, -0.2) is 29.9 Å². The number of carbonyl (C=O) groups excluding carboxylic acids is 1. The van der Waals surface area contributed by atoms with Gasteiger partial charge in [0, 0.05) is 0 Å². The molecule has 0 aliphatic heterocycles. The SMILES string of the molecule is CON(C(=O)OC(C)(C)C)[C@@H](C)CC(C)(C)C. The second-order valence-corrected chi connectivity index (χ2v) is 6.60. The second kappa shape index (κ2) is 5.71. The summed E-state index contributed by atoms with van der Waals surface area (Å²) < 4.78 is 5.29. The van der Waals surface area contributed by atoms with Crippen LogP contribution in [0.2, 0.25) is 0 Å². The van der Waals surface area contributed by atoms with Crippen molar-refractivity contribution < 1.29 is 14.4 Å². The third-order valence-electron chi connectivity index (χ3n) is 2.08. The molecule has 1 atom stereocenters. The predicted molar refractivity (Wildman–Crippen MR) is 68.6 cm³/mol. The van der Waals surface area contributed by atoms with E-state index in [0.29, 0.717) is 0 Å². The van der Waals surface area contributed by atoms with Crippen LogP contribution in [0, 0.1) is 5.41 Å². The summed E-state index contributed by atoms with van der Waals surface area (Å²) in [5, 5.41) is 1.30. The molecule has 0 heterocycles. The van der Waals surface area contributed by atoms with E-state index in [1.165, 1.54) is 12.2 Å². The number of hydrogen-bond acceptors (Lipinski definition) is 3. The predicted octanol–water partition coefficient (Wildman–Crippen LogP) is 3.61. The molecule has 4 heteroatoms. The minimum Gasteiger partial charge on any atom is -0.442 e. The zero-order chi connectivity index (χ0) is 13.9. The Labute approximate surface area is 105 Å². The second-order valence-electron chi connectivity index (χ2n) is 6.60. The summed E-state index contributed by atoms with van der Waals surface area (Å²) in [6.45, 7) is 13.9. The summed E-state index contributed by atoms with van der Waals surface area (Å²) in [5.74, 6) is 0. The normalized spacial score (nSPS) is 14.4. The molecule has 0 saturated carbocycles. The molecule has 0 aliphatic rings. The van der Waals surface area contributed by atoms with Crippen LogP contribution in [0.5, 0.6) is 0 Å². The molecule has 17 heavy (non-hydrogen) atoms. The summed E-state index contributed by atoms with van der Waals surface area (Å²) in [4.78, 5) is 17.0. The summed E-state index contributed by atoms with van der Waals surface area (Å²) in [6, 6.07) is -0.0187. The zero-order valence-electron chi connectivity index (χ0n) is 12.5. The summed E-state index contributed by atoms with van der Waals surface area (Å²) in [5.41, 5.74) is -0.368. The Morgan fingerprint density at radius 3 is 1.94 bits per heavy atom. The van der Waals surface area contributed by atoms with Crippen LogP contribution < -0.4 is 0 Å². The highest BCUT2D eigenvalue weighted by Crippen LogP contribution is 2.24. The van der Waals surface area contributed by atoms with Crippen LogP contribution >= 0.6 is 0 Å². The van der Waals surface area contributed by atoms with Gasteiger partial charge in [-0.05, 0) is 39.5 Å². The van der Waals surface area contributed by atoms with E-state index in [1.54, 1.807) is 0 Å². The fourth-order valence-corrected chi connectivity index (χ4v) is 1.71. The van der Waals surface area contributed by atoms with Gasteiger partial charge in [0.25, 0.3) is 0 Å². The molecule has 0 radical (unpaired) electrons. The van der Waals surface area contributed by atoms with E-state index in [9.17, 15) is 4.79 Å². The largest absolute Gasteiger partial charge is 0.442 e. The Morgan fingerprint density at radius 1 is 1.18 bits per heavy atom. The molecule has 0 N–H and O–H groups in total. The van der Waals surface area contributed by atoms with Gasteiger partial charge in [0.15, 0.2) is 0 Å². The highest BCUT2D eigenvalue weighted by Gasteiger charge is 2.28. The van der Waals surface area contributed by atoms with Gasteiger partial charge in [0.05, 0.1) is 13.2 Å². The Hall–Kier alpha value is -0.770. The van der Waals surface area contributed by atoms with Gasteiger partial charge in [-0.15, -0.1) is 0 Å². The molecule has 0 aromatic heterocycles. The van der Waals surface area contributed by atoms with E-state index in [1.807, 2.05) is 27.7 Å². The molecule has 0 unspecified atom stereocenters. The molecular formula is C13H27NO3. The lowest BCUT2D eigenvalue weighted by atomic mass is 9.89. The Morgan fingerprint density at radius 2 is 1.65 bits per heavy atom. The maximum atomic E-state index is 11.9. The van der Waals surface area contributed by atoms with Gasteiger partial charge in [-0.1, -0.05) is 20.8 Å². The number of hydrogen-bond donors (Lipinski definition) is 0. The third-order valence-corrected chi connectivity index (χ3v) is 2.08. The van der Waals surface area contributed by atoms with Crippen LogP contribution in [0.4, 0.5) is 4.79 Å². The summed E-state index contributed by atoms with van der Waals surface area (Å²) >= 11 is 0. The van der Waals surface area contributed by atoms with Crippen molar-refractivity contribution in [2.75, 3.05) is 7.11 Å². The Balaban J connectivity index is 4.56. The minimum absolute atomic E-state index is 0.0187. The average Bonchev–Trinajstić information content (AvgIpc) is 1.96. The number of carbonyl (C=O) groups is 1. The highest BCUT2D eigenvalue weighted by molar-refractivity contribution is 5.67. The molecule has 0 rings (SSSR count). The van der Waals surface area contributed by atoms with Gasteiger partial charge >= 0.3 is 6.09 Å². The number of rotatable bonds is 3. The first kappa shape index (κ1) is 16.2. The molecule has 102 valence electrons. The third kappa shape index (κ3) is 7.21. The number of hydroxylamine groups is 2. The fourth-order valence-electron chi connectivity index (χ4n) is 1.71. The lowest BCUT2D eigenvalue weighted by molar-refractivity contribution is -0.150. The average molecular weight is 245 g/mol. The Bertz CT molecular complexity index is 250. The monoisotopic (exact) mass is 245 g/mol. The van der Waals surface area contributed by atoms with E-state index < -0.39 is 11.7 Å². The highest BCUT2D eigenvalue weighted by atomic mass is 16.7. The van der Waals surface area contributed by atoms with Gasteiger partial charge in [0.1, 0.15) is 5.60 Å². The Kier molecular flexibility index (Phi) is 5.46. The standard InChI is InChI=1S/C13H27NO3/c1-10(9-12(2,3)4)14(16-8)11(15)17-13(5,6)7/h10H,9H2,1-8H3/t10-/m0/s1. The first-order chi connectivity index (χ1) is 7.46. The molecule has 1 amide bonds. The molecule has 0 aromatic carbocycles. The summed E-state index contributed by atoms with van der Waals surface area (Å²) in [6.07, 6.45) is 0.414. The molecule has 4 nitrogen and oxygen atoms in total. The van der Waals surface area contributed by atoms with Crippen LogP contribution in [0.1, 0.15) is 54.9 Å². The van der Waals surface area contributed by atoms with Crippen molar-refractivity contribution in [3.05, 3.63) is 0 Å². The quantitative estimate of drug-likeness (QED) is 0.713. The van der Waals surface area contributed by atoms with Crippen LogP contribution in [0.3, 0.4) is 0 Å². The lowest BCUT2D eigenvalue weighted by Gasteiger charge is -2.32. The summed E-state index contributed by atoms with van der Waals surface area (Å²) in [7, 11) is 1.49. The lowest BCUT2D eigenvalue weighted by Crippen LogP contribution is -2.42. The van der Waals surface area contributed by atoms with Gasteiger partial charge < -0.3 is 4.74 Å². The van der Waals surface area contributed by atoms with Crippen molar-refractivity contribution in [3.8, 4) is 0 Å². The van der Waals surface area contributed by atoms with Gasteiger partial charge in [-0.2, -0.15) is 5.06 Å². The molecule has 0 aliphatic carbocycles. The van der Waals surface area contributed by atoms with Crippen molar-refractivity contribution in [2.45, 2.75) is 66.5 Å². The van der Waals surface area contributed by atoms with E-state index >= 15 is 0 Å². The van der Waals surface area contributed by atoms with Crippen LogP contribution in [0.25, 0.3) is 0 Å². The minimum atomic E-state index is -0.505. The van der Waals surface area contributed by atoms with Gasteiger partial charge in [-0.25, -0.2) is 4.79 Å². The maximum Gasteiger partial charge on any atom is 0.434 e. The van der Waals surface area contributed by atoms with Gasteiger partial charge in [0.2, 0.25) is 0 Å². The topological polar surface area (TPSA) is 38.8 Å². The number of ether oxygens (including phenoxy) is 1. The van der Waals surface area contributed by atoms with Crippen LogP contribution in [-0.2, 0) is 9.57 Å². The van der Waals surface area contributed by atoms with E-state index in [4.69, 9.17) is 9.57 Å². The molecule has 0 saturated heterocycles. The van der Waals surface area contributed by atoms with E-state index in [0.717, 1.165) is 6.42 Å². The van der Waals surface area contributed by atoms with E-state index in [2.05, 4.69) is 20.8 Å². The van der Waals surface area contributed by atoms with Crippen LogP contribution in [0.15, 0.2) is 0 Å².